The Morgan fingerprint density at radius 2 is 1.80 bits per heavy atom. The van der Waals surface area contributed by atoms with E-state index in [4.69, 9.17) is 19.5 Å². The van der Waals surface area contributed by atoms with Gasteiger partial charge < -0.3 is 19.2 Å². The van der Waals surface area contributed by atoms with Crippen LogP contribution in [-0.4, -0.2) is 37.2 Å². The van der Waals surface area contributed by atoms with Gasteiger partial charge in [-0.1, -0.05) is 0 Å². The Balaban J connectivity index is 1.90. The molecule has 0 spiro atoms. The van der Waals surface area contributed by atoms with Crippen molar-refractivity contribution in [3.63, 3.8) is 0 Å². The van der Waals surface area contributed by atoms with E-state index in [1.54, 1.807) is 38.1 Å². The zero-order chi connectivity index (χ0) is 18.4. The third-order valence-electron chi connectivity index (χ3n) is 3.60. The largest absolute Gasteiger partial charge is 0.490 e. The summed E-state index contributed by atoms with van der Waals surface area (Å²) in [5.74, 6) is -0.497. The van der Waals surface area contributed by atoms with Crippen LogP contribution < -0.4 is 4.74 Å². The van der Waals surface area contributed by atoms with E-state index < -0.39 is 11.9 Å². The lowest BCUT2D eigenvalue weighted by atomic mass is 10.1. The highest BCUT2D eigenvalue weighted by Crippen LogP contribution is 2.19. The number of H-pyrrole nitrogens is 1. The quantitative estimate of drug-likeness (QED) is 0.639. The molecule has 1 aromatic heterocycles. The van der Waals surface area contributed by atoms with Gasteiger partial charge in [0.05, 0.1) is 24.3 Å². The van der Waals surface area contributed by atoms with E-state index in [-0.39, 0.29) is 18.9 Å². The molecule has 0 aliphatic heterocycles. The van der Waals surface area contributed by atoms with Crippen molar-refractivity contribution >= 4 is 11.9 Å². The molecular formula is C18H18N2O5. The van der Waals surface area contributed by atoms with E-state index in [1.807, 2.05) is 6.07 Å². The molecule has 0 amide bonds. The SMILES string of the molecule is COC(=O)c1c(C)[nH]c(C(=O)OCCOc2ccc(C#N)cc2)c1C. The summed E-state index contributed by atoms with van der Waals surface area (Å²) < 4.78 is 15.3. The number of hydrogen-bond acceptors (Lipinski definition) is 6. The number of methoxy groups -OCH3 is 1. The maximum atomic E-state index is 12.1. The molecule has 0 bridgehead atoms. The molecule has 25 heavy (non-hydrogen) atoms. The van der Waals surface area contributed by atoms with Gasteiger partial charge in [-0.3, -0.25) is 0 Å². The van der Waals surface area contributed by atoms with Crippen molar-refractivity contribution in [1.82, 2.24) is 4.98 Å². The average Bonchev–Trinajstić information content (AvgIpc) is 2.93. The number of nitriles is 1. The van der Waals surface area contributed by atoms with Crippen LogP contribution in [0.2, 0.25) is 0 Å². The molecule has 0 atom stereocenters. The number of aromatic amines is 1. The summed E-state index contributed by atoms with van der Waals surface area (Å²) in [6.45, 7) is 3.55. The highest BCUT2D eigenvalue weighted by molar-refractivity contribution is 5.98. The average molecular weight is 342 g/mol. The normalized spacial score (nSPS) is 10.0. The highest BCUT2D eigenvalue weighted by atomic mass is 16.6. The molecule has 2 rings (SSSR count). The van der Waals surface area contributed by atoms with Gasteiger partial charge in [-0.15, -0.1) is 0 Å². The number of ether oxygens (including phenoxy) is 3. The molecule has 0 aliphatic carbocycles. The fourth-order valence-electron chi connectivity index (χ4n) is 2.35. The molecule has 130 valence electrons. The Hall–Kier alpha value is -3.27. The summed E-state index contributed by atoms with van der Waals surface area (Å²) in [6.07, 6.45) is 0. The second-order valence-corrected chi connectivity index (χ2v) is 5.24. The standard InChI is InChI=1S/C18H18N2O5/c1-11-15(17(21)23-3)12(2)20-16(11)18(22)25-9-8-24-14-6-4-13(10-19)5-7-14/h4-7,20H,8-9H2,1-3H3. The third kappa shape index (κ3) is 4.18. The maximum Gasteiger partial charge on any atom is 0.355 e. The van der Waals surface area contributed by atoms with Gasteiger partial charge in [0, 0.05) is 5.69 Å². The number of aryl methyl sites for hydroxylation is 1. The number of carbonyl (C=O) groups excluding carboxylic acids is 2. The van der Waals surface area contributed by atoms with E-state index in [2.05, 4.69) is 4.98 Å². The number of hydrogen-bond donors (Lipinski definition) is 1. The fraction of sp³-hybridized carbons (Fsp3) is 0.278. The van der Waals surface area contributed by atoms with Gasteiger partial charge in [0.2, 0.25) is 0 Å². The Labute approximate surface area is 145 Å². The molecule has 0 aliphatic rings. The number of rotatable bonds is 6. The van der Waals surface area contributed by atoms with E-state index in [0.29, 0.717) is 28.1 Å². The van der Waals surface area contributed by atoms with Crippen molar-refractivity contribution in [3.05, 3.63) is 52.3 Å². The van der Waals surface area contributed by atoms with Gasteiger partial charge in [0.15, 0.2) is 0 Å². The Morgan fingerprint density at radius 3 is 2.40 bits per heavy atom. The van der Waals surface area contributed by atoms with Crippen LogP contribution >= 0.6 is 0 Å². The van der Waals surface area contributed by atoms with Gasteiger partial charge in [-0.25, -0.2) is 9.59 Å². The molecule has 0 unspecified atom stereocenters. The minimum absolute atomic E-state index is 0.0455. The van der Waals surface area contributed by atoms with Crippen LogP contribution in [0.4, 0.5) is 0 Å². The van der Waals surface area contributed by atoms with E-state index in [0.717, 1.165) is 0 Å². The zero-order valence-electron chi connectivity index (χ0n) is 14.2. The fourth-order valence-corrected chi connectivity index (χ4v) is 2.35. The molecule has 0 radical (unpaired) electrons. The Morgan fingerprint density at radius 1 is 1.12 bits per heavy atom. The van der Waals surface area contributed by atoms with Crippen LogP contribution in [0, 0.1) is 25.2 Å². The lowest BCUT2D eigenvalue weighted by molar-refractivity contribution is 0.0443. The Kier molecular flexibility index (Phi) is 5.79. The molecule has 7 nitrogen and oxygen atoms in total. The number of nitrogens with zero attached hydrogens (tertiary/aromatic N) is 1. The third-order valence-corrected chi connectivity index (χ3v) is 3.60. The topological polar surface area (TPSA) is 101 Å². The van der Waals surface area contributed by atoms with Gasteiger partial charge in [-0.2, -0.15) is 5.26 Å². The lowest BCUT2D eigenvalue weighted by Crippen LogP contribution is -2.13. The smallest absolute Gasteiger partial charge is 0.355 e. The summed E-state index contributed by atoms with van der Waals surface area (Å²) in [4.78, 5) is 26.7. The molecule has 1 heterocycles. The van der Waals surface area contributed by atoms with Gasteiger partial charge in [0.1, 0.15) is 24.7 Å². The predicted molar refractivity (Wildman–Crippen MR) is 88.5 cm³/mol. The molecule has 0 saturated carbocycles. The van der Waals surface area contributed by atoms with Crippen molar-refractivity contribution in [2.24, 2.45) is 0 Å². The molecule has 2 aromatic rings. The summed E-state index contributed by atoms with van der Waals surface area (Å²) in [6, 6.07) is 8.63. The lowest BCUT2D eigenvalue weighted by Gasteiger charge is -2.07. The predicted octanol–water partition coefficient (Wildman–Crippen LogP) is 2.53. The van der Waals surface area contributed by atoms with Crippen LogP contribution in [0.5, 0.6) is 5.75 Å². The summed E-state index contributed by atoms with van der Waals surface area (Å²) in [5.41, 5.74) is 2.13. The van der Waals surface area contributed by atoms with Crippen LogP contribution in [0.25, 0.3) is 0 Å². The second kappa shape index (κ2) is 8.02. The van der Waals surface area contributed by atoms with Crippen molar-refractivity contribution in [2.45, 2.75) is 13.8 Å². The summed E-state index contributed by atoms with van der Waals surface area (Å²) >= 11 is 0. The van der Waals surface area contributed by atoms with E-state index in [9.17, 15) is 9.59 Å². The number of nitrogens with one attached hydrogen (secondary N) is 1. The van der Waals surface area contributed by atoms with Gasteiger partial charge in [0.25, 0.3) is 0 Å². The monoisotopic (exact) mass is 342 g/mol. The molecule has 1 aromatic carbocycles. The highest BCUT2D eigenvalue weighted by Gasteiger charge is 2.23. The molecule has 0 saturated heterocycles. The minimum Gasteiger partial charge on any atom is -0.490 e. The van der Waals surface area contributed by atoms with Gasteiger partial charge >= 0.3 is 11.9 Å². The molecule has 1 N–H and O–H groups in total. The maximum absolute atomic E-state index is 12.1. The number of aromatic nitrogens is 1. The number of carbonyl (C=O) groups is 2. The molecule has 7 heteroatoms. The number of benzene rings is 1. The minimum atomic E-state index is -0.570. The summed E-state index contributed by atoms with van der Waals surface area (Å²) in [5, 5.41) is 8.73. The van der Waals surface area contributed by atoms with Crippen molar-refractivity contribution in [3.8, 4) is 11.8 Å². The van der Waals surface area contributed by atoms with Gasteiger partial charge in [-0.05, 0) is 43.7 Å². The summed E-state index contributed by atoms with van der Waals surface area (Å²) in [7, 11) is 1.28. The first-order valence-electron chi connectivity index (χ1n) is 7.55. The molecule has 0 fully saturated rings. The molecular weight excluding hydrogens is 324 g/mol. The van der Waals surface area contributed by atoms with Crippen molar-refractivity contribution < 1.29 is 23.8 Å². The first-order chi connectivity index (χ1) is 12.0. The van der Waals surface area contributed by atoms with Crippen LogP contribution in [-0.2, 0) is 9.47 Å². The van der Waals surface area contributed by atoms with E-state index >= 15 is 0 Å². The first-order valence-corrected chi connectivity index (χ1v) is 7.55. The van der Waals surface area contributed by atoms with Crippen molar-refractivity contribution in [1.29, 1.82) is 5.26 Å². The van der Waals surface area contributed by atoms with E-state index in [1.165, 1.54) is 7.11 Å². The Bertz CT molecular complexity index is 815. The van der Waals surface area contributed by atoms with Crippen LogP contribution in [0.3, 0.4) is 0 Å². The zero-order valence-corrected chi connectivity index (χ0v) is 14.2. The first kappa shape index (κ1) is 18.1. The van der Waals surface area contributed by atoms with Crippen molar-refractivity contribution in [2.75, 3.05) is 20.3 Å². The van der Waals surface area contributed by atoms with Crippen LogP contribution in [0.1, 0.15) is 37.7 Å². The number of esters is 2. The second-order valence-electron chi connectivity index (χ2n) is 5.24. The van der Waals surface area contributed by atoms with Crippen LogP contribution in [0.15, 0.2) is 24.3 Å².